The van der Waals surface area contributed by atoms with Gasteiger partial charge in [-0.3, -0.25) is 0 Å². The molecule has 1 aromatic carbocycles. The third-order valence-electron chi connectivity index (χ3n) is 2.30. The summed E-state index contributed by atoms with van der Waals surface area (Å²) in [6, 6.07) is 12.0. The van der Waals surface area contributed by atoms with Crippen LogP contribution in [0.4, 0.5) is 0 Å². The Morgan fingerprint density at radius 3 is 2.60 bits per heavy atom. The van der Waals surface area contributed by atoms with Crippen molar-refractivity contribution in [2.75, 3.05) is 7.11 Å². The molecule has 2 nitrogen and oxygen atoms in total. The van der Waals surface area contributed by atoms with Crippen LogP contribution >= 0.6 is 11.3 Å². The molecule has 2 aromatic rings. The first-order valence-corrected chi connectivity index (χ1v) is 5.62. The van der Waals surface area contributed by atoms with E-state index in [9.17, 15) is 0 Å². The molecule has 0 fully saturated rings. The Balaban J connectivity index is 2.24. The summed E-state index contributed by atoms with van der Waals surface area (Å²) in [7, 11) is 1.67. The van der Waals surface area contributed by atoms with Gasteiger partial charge in [-0.2, -0.15) is 0 Å². The molecule has 0 aliphatic heterocycles. The van der Waals surface area contributed by atoms with Crippen LogP contribution in [0.2, 0.25) is 0 Å². The Morgan fingerprint density at radius 1 is 1.27 bits per heavy atom. The van der Waals surface area contributed by atoms with Gasteiger partial charge in [0.15, 0.2) is 0 Å². The van der Waals surface area contributed by atoms with Crippen LogP contribution in [-0.2, 0) is 0 Å². The minimum atomic E-state index is -0.0555. The molecule has 0 bridgehead atoms. The van der Waals surface area contributed by atoms with E-state index in [2.05, 4.69) is 0 Å². The first kappa shape index (κ1) is 10.2. The van der Waals surface area contributed by atoms with Crippen molar-refractivity contribution in [3.8, 4) is 5.75 Å². The van der Waals surface area contributed by atoms with E-state index in [1.807, 2.05) is 41.8 Å². The fraction of sp³-hybridized carbons (Fsp3) is 0.167. The van der Waals surface area contributed by atoms with Gasteiger partial charge in [0, 0.05) is 10.3 Å². The highest BCUT2D eigenvalue weighted by Crippen LogP contribution is 2.29. The summed E-state index contributed by atoms with van der Waals surface area (Å²) in [4.78, 5) is 1.12. The summed E-state index contributed by atoms with van der Waals surface area (Å²) >= 11 is 1.63. The molecule has 2 rings (SSSR count). The van der Waals surface area contributed by atoms with Gasteiger partial charge in [0.25, 0.3) is 0 Å². The highest BCUT2D eigenvalue weighted by molar-refractivity contribution is 7.10. The summed E-state index contributed by atoms with van der Waals surface area (Å²) < 4.78 is 5.14. The smallest absolute Gasteiger partial charge is 0.129 e. The van der Waals surface area contributed by atoms with Crippen molar-refractivity contribution in [3.63, 3.8) is 0 Å². The molecule has 0 aliphatic carbocycles. The number of hydrogen-bond donors (Lipinski definition) is 1. The second-order valence-electron chi connectivity index (χ2n) is 3.28. The van der Waals surface area contributed by atoms with Crippen LogP contribution in [0.3, 0.4) is 0 Å². The topological polar surface area (TPSA) is 35.2 Å². The average molecular weight is 219 g/mol. The van der Waals surface area contributed by atoms with Gasteiger partial charge in [-0.05, 0) is 11.6 Å². The highest BCUT2D eigenvalue weighted by Gasteiger charge is 2.10. The van der Waals surface area contributed by atoms with E-state index in [0.29, 0.717) is 0 Å². The lowest BCUT2D eigenvalue weighted by Gasteiger charge is -2.08. The van der Waals surface area contributed by atoms with Gasteiger partial charge in [-0.25, -0.2) is 0 Å². The molecule has 0 aliphatic rings. The highest BCUT2D eigenvalue weighted by atomic mass is 32.1. The van der Waals surface area contributed by atoms with E-state index in [-0.39, 0.29) is 6.04 Å². The number of benzene rings is 1. The zero-order valence-electron chi connectivity index (χ0n) is 8.51. The Hall–Kier alpha value is -1.32. The number of nitrogens with two attached hydrogens (primary N) is 1. The number of methoxy groups -OCH3 is 1. The standard InChI is InChI=1S/C12H13NOS/c1-14-10-7-11(15-8-10)12(13)9-5-3-2-4-6-9/h2-8,12H,13H2,1H3. The van der Waals surface area contributed by atoms with Gasteiger partial charge < -0.3 is 10.5 Å². The average Bonchev–Trinajstić information content (AvgIpc) is 2.78. The van der Waals surface area contributed by atoms with Gasteiger partial charge in [-0.15, -0.1) is 11.3 Å². The van der Waals surface area contributed by atoms with Crippen molar-refractivity contribution in [1.29, 1.82) is 0 Å². The predicted octanol–water partition coefficient (Wildman–Crippen LogP) is 2.80. The van der Waals surface area contributed by atoms with Crippen LogP contribution in [-0.4, -0.2) is 7.11 Å². The number of hydrogen-bond acceptors (Lipinski definition) is 3. The van der Waals surface area contributed by atoms with Crippen molar-refractivity contribution in [2.24, 2.45) is 5.73 Å². The van der Waals surface area contributed by atoms with Crippen LogP contribution in [0.15, 0.2) is 41.8 Å². The van der Waals surface area contributed by atoms with E-state index in [4.69, 9.17) is 10.5 Å². The molecule has 0 saturated heterocycles. The Morgan fingerprint density at radius 2 is 2.00 bits per heavy atom. The Bertz CT molecular complexity index is 424. The molecule has 0 radical (unpaired) electrons. The number of rotatable bonds is 3. The Kier molecular flexibility index (Phi) is 3.04. The van der Waals surface area contributed by atoms with Crippen LogP contribution < -0.4 is 10.5 Å². The summed E-state index contributed by atoms with van der Waals surface area (Å²) in [5.74, 6) is 0.876. The molecule has 1 heterocycles. The minimum absolute atomic E-state index is 0.0555. The quantitative estimate of drug-likeness (QED) is 0.861. The van der Waals surface area contributed by atoms with Gasteiger partial charge in [0.2, 0.25) is 0 Å². The van der Waals surface area contributed by atoms with Gasteiger partial charge in [0.1, 0.15) is 5.75 Å². The van der Waals surface area contributed by atoms with Gasteiger partial charge in [-0.1, -0.05) is 30.3 Å². The molecule has 1 unspecified atom stereocenters. The van der Waals surface area contributed by atoms with E-state index < -0.39 is 0 Å². The second-order valence-corrected chi connectivity index (χ2v) is 4.22. The van der Waals surface area contributed by atoms with Crippen LogP contribution in [0.1, 0.15) is 16.5 Å². The molecule has 78 valence electrons. The van der Waals surface area contributed by atoms with Crippen molar-refractivity contribution in [3.05, 3.63) is 52.2 Å². The maximum atomic E-state index is 6.14. The van der Waals surface area contributed by atoms with Crippen LogP contribution in [0.25, 0.3) is 0 Å². The normalized spacial score (nSPS) is 12.4. The van der Waals surface area contributed by atoms with Crippen LogP contribution in [0, 0.1) is 0 Å². The molecule has 0 saturated carbocycles. The van der Waals surface area contributed by atoms with E-state index in [0.717, 1.165) is 16.2 Å². The summed E-state index contributed by atoms with van der Waals surface area (Å²) in [5, 5.41) is 1.97. The summed E-state index contributed by atoms with van der Waals surface area (Å²) in [5.41, 5.74) is 7.27. The molecule has 1 aromatic heterocycles. The third kappa shape index (κ3) is 2.19. The maximum Gasteiger partial charge on any atom is 0.129 e. The maximum absolute atomic E-state index is 6.14. The lowest BCUT2D eigenvalue weighted by atomic mass is 10.1. The van der Waals surface area contributed by atoms with Crippen molar-refractivity contribution < 1.29 is 4.74 Å². The van der Waals surface area contributed by atoms with Crippen molar-refractivity contribution >= 4 is 11.3 Å². The summed E-state index contributed by atoms with van der Waals surface area (Å²) in [6.45, 7) is 0. The molecule has 15 heavy (non-hydrogen) atoms. The molecule has 1 atom stereocenters. The molecule has 0 amide bonds. The number of ether oxygens (including phenoxy) is 1. The monoisotopic (exact) mass is 219 g/mol. The Labute approximate surface area is 93.3 Å². The van der Waals surface area contributed by atoms with Crippen molar-refractivity contribution in [2.45, 2.75) is 6.04 Å². The first-order valence-electron chi connectivity index (χ1n) is 4.74. The lowest BCUT2D eigenvalue weighted by Crippen LogP contribution is -2.09. The van der Waals surface area contributed by atoms with E-state index in [1.165, 1.54) is 0 Å². The fourth-order valence-electron chi connectivity index (χ4n) is 1.43. The molecule has 3 heteroatoms. The molecular weight excluding hydrogens is 206 g/mol. The lowest BCUT2D eigenvalue weighted by molar-refractivity contribution is 0.416. The predicted molar refractivity (Wildman–Crippen MR) is 63.3 cm³/mol. The summed E-state index contributed by atoms with van der Waals surface area (Å²) in [6.07, 6.45) is 0. The third-order valence-corrected chi connectivity index (χ3v) is 3.29. The first-order chi connectivity index (χ1) is 7.31. The van der Waals surface area contributed by atoms with E-state index >= 15 is 0 Å². The molecular formula is C12H13NOS. The zero-order chi connectivity index (χ0) is 10.7. The number of thiophene rings is 1. The zero-order valence-corrected chi connectivity index (χ0v) is 9.33. The fourth-order valence-corrected chi connectivity index (χ4v) is 2.31. The van der Waals surface area contributed by atoms with Crippen molar-refractivity contribution in [1.82, 2.24) is 0 Å². The SMILES string of the molecule is COc1csc(C(N)c2ccccc2)c1. The van der Waals surface area contributed by atoms with Gasteiger partial charge in [0.05, 0.1) is 13.2 Å². The van der Waals surface area contributed by atoms with E-state index in [1.54, 1.807) is 18.4 Å². The molecule has 2 N–H and O–H groups in total. The second kappa shape index (κ2) is 4.47. The largest absolute Gasteiger partial charge is 0.496 e. The molecule has 0 spiro atoms. The van der Waals surface area contributed by atoms with Gasteiger partial charge >= 0.3 is 0 Å². The van der Waals surface area contributed by atoms with Crippen LogP contribution in [0.5, 0.6) is 5.75 Å². The minimum Gasteiger partial charge on any atom is -0.496 e.